The minimum Gasteiger partial charge on any atom is -0.462 e. The van der Waals surface area contributed by atoms with Gasteiger partial charge in [0.25, 0.3) is 0 Å². The molecule has 4 aromatic heterocycles. The standard InChI is InChI=1S/C55H70F4N12O4S/c1-30-23-41(60)65-46(43(30)55(57,58)59)47-44(56)45-38(24-61-47)50(70-26-36-19-20-37(27-70)64-36)68-53(67-45)75-28-40-31(2)25-69(40)21-12-10-14-42(72)66-49(54(5,6)7)52(74)71-22-11-8-9-13-39(71)51(73)63-32(3)34-15-17-35(18-16-34)48-33(4)62-29-76-48/h15-18,23-24,29,31-32,36-37,39-40,49,64H,8-14,19-22,25-28H2,1-7H3,(H2,60,65)(H,63,73)(H,66,72)/t31-,32+,36?,37?,39+,40-,49-/m1/s1. The van der Waals surface area contributed by atoms with Crippen LogP contribution in [0.4, 0.5) is 29.2 Å². The fourth-order valence-corrected chi connectivity index (χ4v) is 12.2. The van der Waals surface area contributed by atoms with Crippen LogP contribution in [-0.2, 0) is 20.6 Å². The number of aromatic nitrogens is 5. The lowest BCUT2D eigenvalue weighted by Gasteiger charge is -2.46. The minimum absolute atomic E-state index is 0.0537. The molecule has 4 saturated heterocycles. The van der Waals surface area contributed by atoms with Crippen LogP contribution < -0.4 is 31.3 Å². The van der Waals surface area contributed by atoms with Gasteiger partial charge in [-0.25, -0.2) is 14.4 Å². The van der Waals surface area contributed by atoms with Crippen molar-refractivity contribution in [2.75, 3.05) is 50.0 Å². The van der Waals surface area contributed by atoms with E-state index in [-0.39, 0.29) is 89.1 Å². The molecule has 8 heterocycles. The number of unbranched alkanes of at least 4 members (excludes halogenated alkanes) is 1. The van der Waals surface area contributed by atoms with Crippen molar-refractivity contribution in [1.82, 2.24) is 50.7 Å². The molecule has 3 amide bonds. The maximum atomic E-state index is 16.8. The highest BCUT2D eigenvalue weighted by Crippen LogP contribution is 2.41. The highest BCUT2D eigenvalue weighted by Gasteiger charge is 2.42. The molecule has 0 spiro atoms. The number of alkyl halides is 3. The molecule has 0 saturated carbocycles. The molecule has 16 nitrogen and oxygen atoms in total. The Balaban J connectivity index is 0.824. The average Bonchev–Trinajstić information content (AvgIpc) is 3.85. The molecule has 2 unspecified atom stereocenters. The van der Waals surface area contributed by atoms with Crippen LogP contribution in [0.2, 0.25) is 0 Å². The van der Waals surface area contributed by atoms with Gasteiger partial charge in [-0.15, -0.1) is 11.3 Å². The van der Waals surface area contributed by atoms with Crippen LogP contribution in [0.1, 0.15) is 121 Å². The number of benzene rings is 1. The number of rotatable bonds is 16. The first-order chi connectivity index (χ1) is 36.1. The molecule has 21 heteroatoms. The number of likely N-dealkylation sites (tertiary alicyclic amines) is 2. The second kappa shape index (κ2) is 22.5. The molecule has 7 atom stereocenters. The number of hydrogen-bond donors (Lipinski definition) is 4. The number of fused-ring (bicyclic) bond motifs is 3. The third-order valence-electron chi connectivity index (χ3n) is 15.6. The van der Waals surface area contributed by atoms with E-state index in [0.29, 0.717) is 51.3 Å². The van der Waals surface area contributed by atoms with Gasteiger partial charge in [-0.2, -0.15) is 23.1 Å². The lowest BCUT2D eigenvalue weighted by molar-refractivity contribution is -0.146. The van der Waals surface area contributed by atoms with Crippen molar-refractivity contribution in [3.8, 4) is 27.8 Å². The van der Waals surface area contributed by atoms with E-state index in [1.54, 1.807) is 16.2 Å². The van der Waals surface area contributed by atoms with E-state index in [4.69, 9.17) is 15.5 Å². The number of amides is 3. The smallest absolute Gasteiger partial charge is 0.418 e. The number of carbonyl (C=O) groups excluding carboxylic acids is 3. The fourth-order valence-electron chi connectivity index (χ4n) is 11.4. The number of nitrogens with two attached hydrogens (primary N) is 1. The maximum Gasteiger partial charge on any atom is 0.418 e. The van der Waals surface area contributed by atoms with Crippen molar-refractivity contribution < 1.29 is 36.7 Å². The van der Waals surface area contributed by atoms with E-state index in [1.807, 2.05) is 69.3 Å². The summed E-state index contributed by atoms with van der Waals surface area (Å²) in [7, 11) is 0. The van der Waals surface area contributed by atoms with Gasteiger partial charge in [-0.05, 0) is 99.9 Å². The summed E-state index contributed by atoms with van der Waals surface area (Å²) >= 11 is 1.59. The molecule has 1 aromatic carbocycles. The summed E-state index contributed by atoms with van der Waals surface area (Å²) in [5, 5.41) is 10.1. The zero-order valence-electron chi connectivity index (χ0n) is 44.4. The number of thiazole rings is 1. The molecular formula is C55H70F4N12O4S. The summed E-state index contributed by atoms with van der Waals surface area (Å²) in [5.41, 5.74) is 7.15. The Morgan fingerprint density at radius 1 is 0.934 bits per heavy atom. The average molecular weight is 1070 g/mol. The Morgan fingerprint density at radius 2 is 1.67 bits per heavy atom. The third kappa shape index (κ3) is 11.9. The molecule has 0 aliphatic carbocycles. The predicted octanol–water partition coefficient (Wildman–Crippen LogP) is 8.56. The molecule has 9 rings (SSSR count). The first kappa shape index (κ1) is 54.7. The number of nitrogens with one attached hydrogen (secondary N) is 3. The number of halogens is 4. The second-order valence-corrected chi connectivity index (χ2v) is 23.2. The van der Waals surface area contributed by atoms with Crippen LogP contribution >= 0.6 is 11.3 Å². The number of pyridine rings is 2. The molecule has 2 bridgehead atoms. The van der Waals surface area contributed by atoms with E-state index in [9.17, 15) is 27.6 Å². The van der Waals surface area contributed by atoms with E-state index in [1.165, 1.54) is 13.1 Å². The number of nitrogens with zero attached hydrogens (tertiary/aromatic N) is 8. The largest absolute Gasteiger partial charge is 0.462 e. The summed E-state index contributed by atoms with van der Waals surface area (Å²) in [6.07, 6.45) is 2.82. The lowest BCUT2D eigenvalue weighted by atomic mass is 9.85. The van der Waals surface area contributed by atoms with Gasteiger partial charge >= 0.3 is 12.2 Å². The van der Waals surface area contributed by atoms with Gasteiger partial charge in [-0.1, -0.05) is 64.8 Å². The fraction of sp³-hybridized carbons (Fsp3) is 0.564. The summed E-state index contributed by atoms with van der Waals surface area (Å²) in [5.74, 6) is -1.39. The Hall–Kier alpha value is -6.06. The SMILES string of the molecule is Cc1cc(N)nc(-c2ncc3c(N4CC5CCC(C4)N5)nc(OC[C@@H]4[C@H](C)CN4CCCCC(=O)N[C@H](C(=O)N4CCCCC[C@H]4C(=O)N[C@@H](C)c4ccc(-c5scnc5C)cc4)C(C)(C)C)nc3c2F)c1C(F)(F)F. The van der Waals surface area contributed by atoms with E-state index in [2.05, 4.69) is 47.7 Å². The Kier molecular flexibility index (Phi) is 16.2. The van der Waals surface area contributed by atoms with Gasteiger partial charge in [0.1, 0.15) is 47.2 Å². The molecule has 408 valence electrons. The molecule has 0 radical (unpaired) electrons. The van der Waals surface area contributed by atoms with Crippen molar-refractivity contribution in [3.63, 3.8) is 0 Å². The minimum atomic E-state index is -4.86. The van der Waals surface area contributed by atoms with Gasteiger partial charge < -0.3 is 36.2 Å². The van der Waals surface area contributed by atoms with Gasteiger partial charge in [0.2, 0.25) is 17.7 Å². The van der Waals surface area contributed by atoms with Crippen LogP contribution in [0.25, 0.3) is 32.7 Å². The monoisotopic (exact) mass is 1070 g/mol. The van der Waals surface area contributed by atoms with Crippen molar-refractivity contribution in [2.45, 2.75) is 149 Å². The van der Waals surface area contributed by atoms with Crippen LogP contribution in [0.5, 0.6) is 6.01 Å². The van der Waals surface area contributed by atoms with E-state index >= 15 is 4.39 Å². The van der Waals surface area contributed by atoms with Gasteiger partial charge in [-0.3, -0.25) is 24.3 Å². The quantitative estimate of drug-likeness (QED) is 0.0543. The Bertz CT molecular complexity index is 2920. The zero-order valence-corrected chi connectivity index (χ0v) is 45.2. The van der Waals surface area contributed by atoms with Gasteiger partial charge in [0.05, 0.1) is 33.1 Å². The first-order valence-corrected chi connectivity index (χ1v) is 27.5. The molecule has 5 aromatic rings. The topological polar surface area (TPSA) is 197 Å². The summed E-state index contributed by atoms with van der Waals surface area (Å²) < 4.78 is 66.3. The maximum absolute atomic E-state index is 16.8. The normalized spacial score (nSPS) is 22.0. The number of anilines is 2. The third-order valence-corrected chi connectivity index (χ3v) is 16.5. The van der Waals surface area contributed by atoms with Crippen molar-refractivity contribution in [1.29, 1.82) is 0 Å². The molecular weight excluding hydrogens is 1000 g/mol. The lowest BCUT2D eigenvalue weighted by Crippen LogP contribution is -2.59. The summed E-state index contributed by atoms with van der Waals surface area (Å²) in [4.78, 5) is 71.1. The Labute approximate surface area is 445 Å². The molecule has 4 aliphatic heterocycles. The predicted molar refractivity (Wildman–Crippen MR) is 285 cm³/mol. The highest BCUT2D eigenvalue weighted by molar-refractivity contribution is 7.13. The van der Waals surface area contributed by atoms with Crippen molar-refractivity contribution in [2.24, 2.45) is 11.3 Å². The van der Waals surface area contributed by atoms with Crippen molar-refractivity contribution in [3.05, 3.63) is 70.2 Å². The number of ether oxygens (including phenoxy) is 1. The van der Waals surface area contributed by atoms with E-state index < -0.39 is 46.4 Å². The molecule has 5 N–H and O–H groups in total. The first-order valence-electron chi connectivity index (χ1n) is 26.6. The van der Waals surface area contributed by atoms with Crippen molar-refractivity contribution >= 4 is 51.6 Å². The van der Waals surface area contributed by atoms with Gasteiger partial charge in [0, 0.05) is 56.9 Å². The van der Waals surface area contributed by atoms with E-state index in [0.717, 1.165) is 66.4 Å². The second-order valence-electron chi connectivity index (χ2n) is 22.3. The molecule has 4 fully saturated rings. The highest BCUT2D eigenvalue weighted by atomic mass is 32.1. The number of piperazine rings is 1. The zero-order chi connectivity index (χ0) is 54.2. The Morgan fingerprint density at radius 3 is 2.34 bits per heavy atom. The molecule has 4 aliphatic rings. The van der Waals surface area contributed by atoms with Crippen LogP contribution in [-0.4, -0.2) is 122 Å². The van der Waals surface area contributed by atoms with Gasteiger partial charge in [0.15, 0.2) is 5.82 Å². The molecule has 76 heavy (non-hydrogen) atoms. The summed E-state index contributed by atoms with van der Waals surface area (Å²) in [6, 6.07) is 7.61. The van der Waals surface area contributed by atoms with Crippen LogP contribution in [0.15, 0.2) is 42.0 Å². The summed E-state index contributed by atoms with van der Waals surface area (Å²) in [6.45, 7) is 16.2. The number of nitrogen functional groups attached to an aromatic ring is 1. The van der Waals surface area contributed by atoms with Crippen LogP contribution in [0, 0.1) is 31.0 Å². The van der Waals surface area contributed by atoms with Crippen LogP contribution in [0.3, 0.4) is 0 Å². The number of hydrogen-bond acceptors (Lipinski definition) is 14. The number of aryl methyl sites for hydroxylation is 2. The number of carbonyl (C=O) groups is 3.